The van der Waals surface area contributed by atoms with E-state index in [1.165, 1.54) is 6.07 Å². The van der Waals surface area contributed by atoms with Gasteiger partial charge in [0.05, 0.1) is 7.85 Å². The first-order chi connectivity index (χ1) is 4.74. The summed E-state index contributed by atoms with van der Waals surface area (Å²) in [6.45, 7) is 0. The van der Waals surface area contributed by atoms with Gasteiger partial charge in [0.1, 0.15) is 4.60 Å². The lowest BCUT2D eigenvalue weighted by Crippen LogP contribution is -1.91. The highest BCUT2D eigenvalue weighted by atomic mass is 79.9. The molecule has 0 spiro atoms. The van der Waals surface area contributed by atoms with Crippen LogP contribution in [0.15, 0.2) is 16.7 Å². The first-order valence-electron chi connectivity index (χ1n) is 2.75. The van der Waals surface area contributed by atoms with Gasteiger partial charge in [-0.2, -0.15) is 0 Å². The first kappa shape index (κ1) is 7.73. The molecule has 4 heteroatoms. The van der Waals surface area contributed by atoms with Gasteiger partial charge in [-0.1, -0.05) is 0 Å². The number of hydrogen-bond donors (Lipinski definition) is 0. The van der Waals surface area contributed by atoms with Crippen molar-refractivity contribution in [2.75, 3.05) is 0 Å². The van der Waals surface area contributed by atoms with Gasteiger partial charge in [0, 0.05) is 5.69 Å². The molecule has 0 unspecified atom stereocenters. The molecule has 0 aliphatic carbocycles. The van der Waals surface area contributed by atoms with Crippen molar-refractivity contribution >= 4 is 23.8 Å². The molecule has 1 aromatic heterocycles. The molecule has 50 valence electrons. The summed E-state index contributed by atoms with van der Waals surface area (Å²) in [5.41, 5.74) is 0.674. The van der Waals surface area contributed by atoms with Gasteiger partial charge in [-0.3, -0.25) is 0 Å². The van der Waals surface area contributed by atoms with Crippen LogP contribution in [0.25, 0.3) is 0 Å². The zero-order valence-corrected chi connectivity index (χ0v) is 6.73. The Bertz CT molecular complexity index is 241. The molecule has 0 saturated heterocycles. The van der Waals surface area contributed by atoms with Gasteiger partial charge >= 0.3 is 0 Å². The molecule has 0 N–H and O–H groups in total. The highest BCUT2D eigenvalue weighted by Gasteiger charge is 1.98. The van der Waals surface area contributed by atoms with E-state index in [1.807, 2.05) is 0 Å². The summed E-state index contributed by atoms with van der Waals surface area (Å²) < 4.78 is 12.7. The number of aromatic nitrogens is 1. The molecule has 1 nitrogen and oxygen atoms in total. The third-order valence-electron chi connectivity index (χ3n) is 1.07. The molecule has 0 fully saturated rings. The van der Waals surface area contributed by atoms with Gasteiger partial charge in [-0.15, -0.1) is 0 Å². The highest BCUT2D eigenvalue weighted by Crippen LogP contribution is 2.11. The normalized spacial score (nSPS) is 9.80. The second-order valence-electron chi connectivity index (χ2n) is 1.78. The van der Waals surface area contributed by atoms with Gasteiger partial charge in [0.15, 0.2) is 5.82 Å². The van der Waals surface area contributed by atoms with Crippen LogP contribution in [0.5, 0.6) is 0 Å². The van der Waals surface area contributed by atoms with E-state index in [-0.39, 0.29) is 10.4 Å². The van der Waals surface area contributed by atoms with Crippen LogP contribution < -0.4 is 0 Å². The van der Waals surface area contributed by atoms with E-state index < -0.39 is 0 Å². The van der Waals surface area contributed by atoms with Crippen LogP contribution >= 0.6 is 15.9 Å². The van der Waals surface area contributed by atoms with Gasteiger partial charge in [0.2, 0.25) is 0 Å². The van der Waals surface area contributed by atoms with Crippen LogP contribution in [-0.4, -0.2) is 12.8 Å². The van der Waals surface area contributed by atoms with E-state index in [2.05, 4.69) is 20.9 Å². The Hall–Kier alpha value is -0.375. The maximum atomic E-state index is 12.5. The molecule has 0 amide bonds. The third kappa shape index (κ3) is 1.56. The molecule has 0 bridgehead atoms. The number of nitrogens with zero attached hydrogens (tertiary/aromatic N) is 1. The molecule has 2 radical (unpaired) electrons. The molecule has 0 saturated carbocycles. The number of rotatable bonds is 1. The van der Waals surface area contributed by atoms with Crippen LogP contribution in [0.4, 0.5) is 4.39 Å². The van der Waals surface area contributed by atoms with Crippen molar-refractivity contribution < 1.29 is 4.39 Å². The number of pyridine rings is 1. The second kappa shape index (κ2) is 3.15. The maximum Gasteiger partial charge on any atom is 0.155 e. The lowest BCUT2D eigenvalue weighted by atomic mass is 10.0. The minimum absolute atomic E-state index is 0.218. The summed E-state index contributed by atoms with van der Waals surface area (Å²) in [4.78, 5) is 3.81. The maximum absolute atomic E-state index is 12.5. The lowest BCUT2D eigenvalue weighted by Gasteiger charge is -1.96. The number of halogens is 2. The van der Waals surface area contributed by atoms with E-state index in [0.29, 0.717) is 12.0 Å². The van der Waals surface area contributed by atoms with E-state index in [1.54, 1.807) is 6.07 Å². The van der Waals surface area contributed by atoms with E-state index in [4.69, 9.17) is 7.85 Å². The SMILES string of the molecule is [B]Cc1ccc(F)c(Br)n1. The Kier molecular flexibility index (Phi) is 2.43. The smallest absolute Gasteiger partial charge is 0.155 e. The molecule has 0 aliphatic heterocycles. The van der Waals surface area contributed by atoms with Crippen molar-refractivity contribution in [3.8, 4) is 0 Å². The van der Waals surface area contributed by atoms with Crippen LogP contribution in [-0.2, 0) is 6.32 Å². The first-order valence-corrected chi connectivity index (χ1v) is 3.54. The monoisotopic (exact) mass is 199 g/mol. The second-order valence-corrected chi connectivity index (χ2v) is 2.53. The van der Waals surface area contributed by atoms with Gasteiger partial charge < -0.3 is 0 Å². The van der Waals surface area contributed by atoms with Crippen LogP contribution in [0.1, 0.15) is 5.69 Å². The Labute approximate surface area is 68.2 Å². The van der Waals surface area contributed by atoms with E-state index in [0.717, 1.165) is 0 Å². The average molecular weight is 200 g/mol. The van der Waals surface area contributed by atoms with Crippen LogP contribution in [0.2, 0.25) is 0 Å². The Morgan fingerprint density at radius 2 is 2.30 bits per heavy atom. The van der Waals surface area contributed by atoms with Crippen molar-refractivity contribution in [1.29, 1.82) is 0 Å². The standard InChI is InChI=1S/C6H4BBrFN/c7-3-4-1-2-5(9)6(8)10-4/h1-2H,3H2. The van der Waals surface area contributed by atoms with Crippen molar-refractivity contribution in [2.24, 2.45) is 0 Å². The fraction of sp³-hybridized carbons (Fsp3) is 0.167. The molecule has 1 heterocycles. The van der Waals surface area contributed by atoms with E-state index >= 15 is 0 Å². The third-order valence-corrected chi connectivity index (χ3v) is 1.63. The molecule has 10 heavy (non-hydrogen) atoms. The van der Waals surface area contributed by atoms with Gasteiger partial charge in [0.25, 0.3) is 0 Å². The van der Waals surface area contributed by atoms with Crippen molar-refractivity contribution in [3.63, 3.8) is 0 Å². The fourth-order valence-corrected chi connectivity index (χ4v) is 0.928. The predicted molar refractivity (Wildman–Crippen MR) is 41.4 cm³/mol. The predicted octanol–water partition coefficient (Wildman–Crippen LogP) is 1.65. The topological polar surface area (TPSA) is 12.9 Å². The van der Waals surface area contributed by atoms with Crippen molar-refractivity contribution in [1.82, 2.24) is 4.98 Å². The van der Waals surface area contributed by atoms with Crippen molar-refractivity contribution in [2.45, 2.75) is 6.32 Å². The zero-order valence-electron chi connectivity index (χ0n) is 5.14. The highest BCUT2D eigenvalue weighted by molar-refractivity contribution is 9.10. The summed E-state index contributed by atoms with van der Waals surface area (Å²) in [5, 5.41) is 0. The molecule has 0 atom stereocenters. The molecular weight excluding hydrogens is 196 g/mol. The Morgan fingerprint density at radius 3 is 2.80 bits per heavy atom. The van der Waals surface area contributed by atoms with Gasteiger partial charge in [-0.05, 0) is 34.4 Å². The Balaban J connectivity index is 3.04. The summed E-state index contributed by atoms with van der Waals surface area (Å²) in [6.07, 6.45) is 0.332. The van der Waals surface area contributed by atoms with Gasteiger partial charge in [-0.25, -0.2) is 9.37 Å². The minimum atomic E-state index is -0.364. The van der Waals surface area contributed by atoms with Crippen LogP contribution in [0, 0.1) is 5.82 Å². The zero-order chi connectivity index (χ0) is 7.56. The summed E-state index contributed by atoms with van der Waals surface area (Å²) in [7, 11) is 5.26. The minimum Gasteiger partial charge on any atom is -0.244 e. The van der Waals surface area contributed by atoms with E-state index in [9.17, 15) is 4.39 Å². The van der Waals surface area contributed by atoms with Crippen LogP contribution in [0.3, 0.4) is 0 Å². The van der Waals surface area contributed by atoms with Crippen molar-refractivity contribution in [3.05, 3.63) is 28.2 Å². The molecule has 1 aromatic rings. The number of hydrogen-bond acceptors (Lipinski definition) is 1. The lowest BCUT2D eigenvalue weighted by molar-refractivity contribution is 0.611. The fourth-order valence-electron chi connectivity index (χ4n) is 0.569. The molecule has 0 aliphatic rings. The summed E-state index contributed by atoms with van der Waals surface area (Å²) in [5.74, 6) is -0.364. The molecular formula is C6H4BBrFN. The Morgan fingerprint density at radius 1 is 1.60 bits per heavy atom. The largest absolute Gasteiger partial charge is 0.244 e. The molecule has 1 rings (SSSR count). The summed E-state index contributed by atoms with van der Waals surface area (Å²) >= 11 is 2.95. The summed E-state index contributed by atoms with van der Waals surface area (Å²) in [6, 6.07) is 2.89. The quantitative estimate of drug-likeness (QED) is 0.495. The average Bonchev–Trinajstić information content (AvgIpc) is 1.95. The molecule has 0 aromatic carbocycles.